The number of amides is 1. The molecule has 0 aliphatic carbocycles. The van der Waals surface area contributed by atoms with Gasteiger partial charge in [0, 0.05) is 6.92 Å². The molecule has 6 nitrogen and oxygen atoms in total. The molecular weight excluding hydrogens is 308 g/mol. The molecule has 0 atom stereocenters. The Balaban J connectivity index is 2.29. The molecule has 1 aliphatic heterocycles. The van der Waals surface area contributed by atoms with Crippen LogP contribution in [0.15, 0.2) is 27.6 Å². The molecule has 0 unspecified atom stereocenters. The molecule has 0 fully saturated rings. The summed E-state index contributed by atoms with van der Waals surface area (Å²) in [5.41, 5.74) is 0.602. The van der Waals surface area contributed by atoms with E-state index in [1.165, 1.54) is 42.0 Å². The van der Waals surface area contributed by atoms with E-state index >= 15 is 0 Å². The molecule has 0 N–H and O–H groups in total. The van der Waals surface area contributed by atoms with Crippen molar-refractivity contribution in [2.75, 3.05) is 5.01 Å². The average molecular weight is 320 g/mol. The molecule has 3 heterocycles. The molecule has 0 bridgehead atoms. The molecule has 0 radical (unpaired) electrons. The van der Waals surface area contributed by atoms with Crippen LogP contribution in [-0.4, -0.2) is 26.6 Å². The van der Waals surface area contributed by atoms with E-state index in [1.807, 2.05) is 17.5 Å². The van der Waals surface area contributed by atoms with Crippen LogP contribution in [0.4, 0.5) is 0 Å². The van der Waals surface area contributed by atoms with Crippen LogP contribution in [0.3, 0.4) is 0 Å². The van der Waals surface area contributed by atoms with Gasteiger partial charge < -0.3 is 0 Å². The lowest BCUT2D eigenvalue weighted by atomic mass is 10.2. The van der Waals surface area contributed by atoms with Gasteiger partial charge in [-0.3, -0.25) is 9.59 Å². The van der Waals surface area contributed by atoms with Gasteiger partial charge in [0.05, 0.1) is 9.78 Å². The first-order valence-corrected chi connectivity index (χ1v) is 7.90. The maximum absolute atomic E-state index is 12.2. The van der Waals surface area contributed by atoms with Crippen molar-refractivity contribution < 1.29 is 9.59 Å². The summed E-state index contributed by atoms with van der Waals surface area (Å²) in [6.45, 7) is 4.73. The number of ketones is 1. The zero-order valence-electron chi connectivity index (χ0n) is 11.7. The second-order valence-corrected chi connectivity index (χ2v) is 6.41. The SMILES string of the molecule is CC(=O)C1=C(c2cccs2)N(C(C)=O)n2c(C)nnc2S1. The summed E-state index contributed by atoms with van der Waals surface area (Å²) >= 11 is 2.73. The fourth-order valence-corrected chi connectivity index (χ4v) is 3.96. The van der Waals surface area contributed by atoms with Gasteiger partial charge in [-0.1, -0.05) is 6.07 Å². The molecule has 0 spiro atoms. The van der Waals surface area contributed by atoms with Crippen molar-refractivity contribution in [2.45, 2.75) is 25.9 Å². The number of aryl methyl sites for hydroxylation is 1. The second kappa shape index (κ2) is 5.12. The van der Waals surface area contributed by atoms with E-state index in [-0.39, 0.29) is 11.7 Å². The number of Topliss-reactive ketones (excluding diaryl/α,β-unsaturated/α-hetero) is 1. The minimum atomic E-state index is -0.193. The molecule has 1 aliphatic rings. The fourth-order valence-electron chi connectivity index (χ4n) is 2.13. The number of carbonyl (C=O) groups is 2. The van der Waals surface area contributed by atoms with Crippen molar-refractivity contribution in [1.82, 2.24) is 14.9 Å². The minimum Gasteiger partial charge on any atom is -0.294 e. The lowest BCUT2D eigenvalue weighted by Gasteiger charge is -2.31. The molecule has 21 heavy (non-hydrogen) atoms. The maximum Gasteiger partial charge on any atom is 0.243 e. The van der Waals surface area contributed by atoms with Crippen LogP contribution in [0.5, 0.6) is 0 Å². The monoisotopic (exact) mass is 320 g/mol. The van der Waals surface area contributed by atoms with E-state index < -0.39 is 0 Å². The van der Waals surface area contributed by atoms with Crippen molar-refractivity contribution in [1.29, 1.82) is 0 Å². The Hall–Kier alpha value is -1.93. The number of allylic oxidation sites excluding steroid dienone is 1. The van der Waals surface area contributed by atoms with Gasteiger partial charge in [0.15, 0.2) is 11.6 Å². The molecule has 8 heteroatoms. The van der Waals surface area contributed by atoms with Crippen LogP contribution in [0, 0.1) is 6.92 Å². The normalized spacial score (nSPS) is 14.3. The van der Waals surface area contributed by atoms with Gasteiger partial charge in [0.2, 0.25) is 11.1 Å². The Morgan fingerprint density at radius 3 is 2.57 bits per heavy atom. The third kappa shape index (κ3) is 2.20. The molecular formula is C13H12N4O2S2. The molecule has 0 saturated heterocycles. The summed E-state index contributed by atoms with van der Waals surface area (Å²) in [5, 5.41) is 12.0. The summed E-state index contributed by atoms with van der Waals surface area (Å²) in [4.78, 5) is 25.6. The van der Waals surface area contributed by atoms with Crippen molar-refractivity contribution in [2.24, 2.45) is 0 Å². The number of aromatic nitrogens is 3. The number of thioether (sulfide) groups is 1. The number of fused-ring (bicyclic) bond motifs is 1. The van der Waals surface area contributed by atoms with E-state index in [0.29, 0.717) is 21.6 Å². The summed E-state index contributed by atoms with van der Waals surface area (Å²) in [6, 6.07) is 3.78. The number of rotatable bonds is 2. The fraction of sp³-hybridized carbons (Fsp3) is 0.231. The lowest BCUT2D eigenvalue weighted by Crippen LogP contribution is -2.41. The zero-order valence-corrected chi connectivity index (χ0v) is 13.3. The highest BCUT2D eigenvalue weighted by Gasteiger charge is 2.34. The quantitative estimate of drug-likeness (QED) is 0.848. The predicted molar refractivity (Wildman–Crippen MR) is 81.4 cm³/mol. The third-order valence-electron chi connectivity index (χ3n) is 2.96. The highest BCUT2D eigenvalue weighted by Crippen LogP contribution is 2.40. The molecule has 2 aromatic rings. The molecule has 1 amide bonds. The second-order valence-electron chi connectivity index (χ2n) is 4.49. The van der Waals surface area contributed by atoms with E-state index in [2.05, 4.69) is 10.2 Å². The van der Waals surface area contributed by atoms with Crippen LogP contribution in [0.1, 0.15) is 24.5 Å². The first-order chi connectivity index (χ1) is 10.0. The van der Waals surface area contributed by atoms with E-state index in [1.54, 1.807) is 11.6 Å². The van der Waals surface area contributed by atoms with Crippen LogP contribution in [0.25, 0.3) is 5.70 Å². The molecule has 108 valence electrons. The van der Waals surface area contributed by atoms with Gasteiger partial charge in [-0.25, -0.2) is 9.69 Å². The smallest absolute Gasteiger partial charge is 0.243 e. The highest BCUT2D eigenvalue weighted by atomic mass is 32.2. The summed E-state index contributed by atoms with van der Waals surface area (Å²) in [7, 11) is 0. The Bertz CT molecular complexity index is 761. The topological polar surface area (TPSA) is 68.1 Å². The van der Waals surface area contributed by atoms with Crippen molar-refractivity contribution >= 4 is 40.5 Å². The molecule has 0 saturated carbocycles. The zero-order chi connectivity index (χ0) is 15.1. The first-order valence-electron chi connectivity index (χ1n) is 6.20. The van der Waals surface area contributed by atoms with Gasteiger partial charge in [-0.2, -0.15) is 0 Å². The van der Waals surface area contributed by atoms with Crippen molar-refractivity contribution in [3.05, 3.63) is 33.1 Å². The maximum atomic E-state index is 12.2. The number of hydrogen-bond acceptors (Lipinski definition) is 6. The molecule has 0 aromatic carbocycles. The standard InChI is InChI=1S/C13H12N4O2S2/c1-7(18)12-11(10-5-4-6-20-10)17(9(3)19)16-8(2)14-15-13(16)21-12/h4-6H,1-3H3. The van der Waals surface area contributed by atoms with E-state index in [0.717, 1.165) is 4.88 Å². The Morgan fingerprint density at radius 2 is 2.00 bits per heavy atom. The number of carbonyl (C=O) groups excluding carboxylic acids is 2. The first kappa shape index (κ1) is 14.0. The molecule has 3 rings (SSSR count). The van der Waals surface area contributed by atoms with Gasteiger partial charge in [0.1, 0.15) is 5.70 Å². The van der Waals surface area contributed by atoms with Crippen LogP contribution < -0.4 is 5.01 Å². The van der Waals surface area contributed by atoms with Crippen LogP contribution >= 0.6 is 23.1 Å². The largest absolute Gasteiger partial charge is 0.294 e. The average Bonchev–Trinajstić information content (AvgIpc) is 3.06. The number of thiophene rings is 1. The van der Waals surface area contributed by atoms with Gasteiger partial charge in [-0.15, -0.1) is 21.5 Å². The Kier molecular flexibility index (Phi) is 3.42. The summed E-state index contributed by atoms with van der Waals surface area (Å²) in [6.07, 6.45) is 0. The Morgan fingerprint density at radius 1 is 1.24 bits per heavy atom. The van der Waals surface area contributed by atoms with Gasteiger partial charge in [0.25, 0.3) is 0 Å². The van der Waals surface area contributed by atoms with Crippen LogP contribution in [0.2, 0.25) is 0 Å². The Labute approximate surface area is 129 Å². The lowest BCUT2D eigenvalue weighted by molar-refractivity contribution is -0.117. The van der Waals surface area contributed by atoms with Crippen molar-refractivity contribution in [3.63, 3.8) is 0 Å². The minimum absolute atomic E-state index is 0.0958. The number of nitrogens with zero attached hydrogens (tertiary/aromatic N) is 4. The summed E-state index contributed by atoms with van der Waals surface area (Å²) < 4.78 is 1.65. The van der Waals surface area contributed by atoms with Crippen LogP contribution in [-0.2, 0) is 9.59 Å². The predicted octanol–water partition coefficient (Wildman–Crippen LogP) is 2.20. The number of hydrogen-bond donors (Lipinski definition) is 0. The molecule has 2 aromatic heterocycles. The van der Waals surface area contributed by atoms with E-state index in [4.69, 9.17) is 0 Å². The van der Waals surface area contributed by atoms with Gasteiger partial charge >= 0.3 is 0 Å². The van der Waals surface area contributed by atoms with E-state index in [9.17, 15) is 9.59 Å². The summed E-state index contributed by atoms with van der Waals surface area (Å²) in [5.74, 6) is 0.313. The third-order valence-corrected chi connectivity index (χ3v) is 4.96. The van der Waals surface area contributed by atoms with Gasteiger partial charge in [-0.05, 0) is 37.1 Å². The van der Waals surface area contributed by atoms with Crippen molar-refractivity contribution in [3.8, 4) is 0 Å². The highest BCUT2D eigenvalue weighted by molar-refractivity contribution is 8.04.